The fourth-order valence-electron chi connectivity index (χ4n) is 1.28. The number of carboxylic acids is 1. The highest BCUT2D eigenvalue weighted by Gasteiger charge is 2.26. The van der Waals surface area contributed by atoms with Gasteiger partial charge in [0, 0.05) is 6.42 Å². The number of Topliss-reactive ketones (excluding diaryl/α,β-unsaturated/α-hetero) is 1. The minimum Gasteiger partial charge on any atom is -0.479 e. The molecule has 5 nitrogen and oxygen atoms in total. The zero-order valence-electron chi connectivity index (χ0n) is 10.7. The van der Waals surface area contributed by atoms with Crippen LogP contribution < -0.4 is 0 Å². The van der Waals surface area contributed by atoms with E-state index >= 15 is 0 Å². The molecule has 0 fully saturated rings. The summed E-state index contributed by atoms with van der Waals surface area (Å²) in [5, 5.41) is 8.85. The molecule has 98 valence electrons. The Morgan fingerprint density at radius 3 is 1.94 bits per heavy atom. The third-order valence-electron chi connectivity index (χ3n) is 2.03. The number of ether oxygens (including phenoxy) is 1. The molecule has 1 unspecified atom stereocenters. The van der Waals surface area contributed by atoms with Crippen LogP contribution in [0.25, 0.3) is 0 Å². The second-order valence-electron chi connectivity index (χ2n) is 4.88. The average molecular weight is 244 g/mol. The molecule has 1 atom stereocenters. The van der Waals surface area contributed by atoms with Gasteiger partial charge in [-0.1, -0.05) is 27.7 Å². The van der Waals surface area contributed by atoms with Gasteiger partial charge < -0.3 is 9.84 Å². The largest absolute Gasteiger partial charge is 0.479 e. The zero-order chi connectivity index (χ0) is 13.6. The smallest absolute Gasteiger partial charge is 0.375 e. The van der Waals surface area contributed by atoms with E-state index in [0.717, 1.165) is 0 Å². The summed E-state index contributed by atoms with van der Waals surface area (Å²) in [7, 11) is 0. The van der Waals surface area contributed by atoms with Crippen molar-refractivity contribution in [2.75, 3.05) is 0 Å². The van der Waals surface area contributed by atoms with Gasteiger partial charge in [-0.05, 0) is 18.3 Å². The fraction of sp³-hybridized carbons (Fsp3) is 0.750. The van der Waals surface area contributed by atoms with E-state index in [2.05, 4.69) is 0 Å². The molecule has 0 heterocycles. The van der Waals surface area contributed by atoms with Gasteiger partial charge in [0.05, 0.1) is 0 Å². The SMILES string of the molecule is CC(C)CC(=O)C(=O)OC(CC(C)C)C(=O)O. The first-order valence-corrected chi connectivity index (χ1v) is 5.70. The summed E-state index contributed by atoms with van der Waals surface area (Å²) < 4.78 is 4.70. The Morgan fingerprint density at radius 2 is 1.59 bits per heavy atom. The van der Waals surface area contributed by atoms with Gasteiger partial charge in [-0.15, -0.1) is 0 Å². The number of hydrogen-bond donors (Lipinski definition) is 1. The van der Waals surface area contributed by atoms with Crippen molar-refractivity contribution in [3.8, 4) is 0 Å². The minimum absolute atomic E-state index is 0.0448. The third kappa shape index (κ3) is 6.71. The van der Waals surface area contributed by atoms with Crippen molar-refractivity contribution >= 4 is 17.7 Å². The van der Waals surface area contributed by atoms with Gasteiger partial charge in [0.15, 0.2) is 6.10 Å². The van der Waals surface area contributed by atoms with Crippen LogP contribution >= 0.6 is 0 Å². The lowest BCUT2D eigenvalue weighted by Crippen LogP contribution is -2.32. The van der Waals surface area contributed by atoms with E-state index in [0.29, 0.717) is 0 Å². The van der Waals surface area contributed by atoms with Gasteiger partial charge in [-0.2, -0.15) is 0 Å². The first kappa shape index (κ1) is 15.6. The maximum atomic E-state index is 11.3. The Bertz CT molecular complexity index is 293. The van der Waals surface area contributed by atoms with E-state index < -0.39 is 23.8 Å². The molecule has 0 bridgehead atoms. The predicted octanol–water partition coefficient (Wildman–Crippen LogP) is 1.64. The molecule has 0 aromatic heterocycles. The molecule has 0 saturated carbocycles. The number of ketones is 1. The Balaban J connectivity index is 4.40. The monoisotopic (exact) mass is 244 g/mol. The van der Waals surface area contributed by atoms with Crippen LogP contribution in [-0.2, 0) is 19.1 Å². The summed E-state index contributed by atoms with van der Waals surface area (Å²) in [6.07, 6.45) is -0.957. The molecule has 0 rings (SSSR count). The molecular weight excluding hydrogens is 224 g/mol. The maximum Gasteiger partial charge on any atom is 0.375 e. The van der Waals surface area contributed by atoms with Crippen molar-refractivity contribution in [2.45, 2.75) is 46.6 Å². The Morgan fingerprint density at radius 1 is 1.06 bits per heavy atom. The molecule has 0 aromatic rings. The van der Waals surface area contributed by atoms with Crippen molar-refractivity contribution in [1.29, 1.82) is 0 Å². The molecule has 5 heteroatoms. The summed E-state index contributed by atoms with van der Waals surface area (Å²) in [6.45, 7) is 7.24. The van der Waals surface area contributed by atoms with E-state index in [4.69, 9.17) is 9.84 Å². The van der Waals surface area contributed by atoms with Gasteiger partial charge in [-0.3, -0.25) is 4.79 Å². The van der Waals surface area contributed by atoms with E-state index in [9.17, 15) is 14.4 Å². The standard InChI is InChI=1S/C12H20O5/c1-7(2)5-9(13)12(16)17-10(11(14)15)6-8(3)4/h7-8,10H,5-6H2,1-4H3,(H,14,15). The average Bonchev–Trinajstić information content (AvgIpc) is 2.14. The molecule has 0 aliphatic rings. The number of carbonyl (C=O) groups is 3. The molecule has 0 aliphatic heterocycles. The highest BCUT2D eigenvalue weighted by atomic mass is 16.6. The number of carbonyl (C=O) groups excluding carboxylic acids is 2. The zero-order valence-corrected chi connectivity index (χ0v) is 10.7. The number of carboxylic acid groups (broad SMARTS) is 1. The lowest BCUT2D eigenvalue weighted by molar-refractivity contribution is -0.168. The van der Waals surface area contributed by atoms with Gasteiger partial charge in [0.1, 0.15) is 0 Å². The summed E-state index contributed by atoms with van der Waals surface area (Å²) in [4.78, 5) is 33.5. The lowest BCUT2D eigenvalue weighted by Gasteiger charge is -2.15. The molecule has 0 amide bonds. The van der Waals surface area contributed by atoms with Crippen LogP contribution in [0.1, 0.15) is 40.5 Å². The lowest BCUT2D eigenvalue weighted by atomic mass is 10.1. The van der Waals surface area contributed by atoms with Crippen LogP contribution in [0.15, 0.2) is 0 Å². The van der Waals surface area contributed by atoms with Crippen LogP contribution in [0.2, 0.25) is 0 Å². The second kappa shape index (κ2) is 7.04. The molecule has 0 radical (unpaired) electrons. The van der Waals surface area contributed by atoms with E-state index in [-0.39, 0.29) is 24.7 Å². The van der Waals surface area contributed by atoms with Gasteiger partial charge in [0.25, 0.3) is 0 Å². The van der Waals surface area contributed by atoms with Crippen molar-refractivity contribution in [3.63, 3.8) is 0 Å². The normalized spacial score (nSPS) is 12.6. The van der Waals surface area contributed by atoms with Crippen LogP contribution in [0, 0.1) is 11.8 Å². The fourth-order valence-corrected chi connectivity index (χ4v) is 1.28. The Hall–Kier alpha value is -1.39. The molecule has 1 N–H and O–H groups in total. The number of hydrogen-bond acceptors (Lipinski definition) is 4. The first-order chi connectivity index (χ1) is 7.73. The van der Waals surface area contributed by atoms with Gasteiger partial charge in [-0.25, -0.2) is 9.59 Å². The predicted molar refractivity (Wildman–Crippen MR) is 61.4 cm³/mol. The van der Waals surface area contributed by atoms with Crippen LogP contribution in [0.3, 0.4) is 0 Å². The summed E-state index contributed by atoms with van der Waals surface area (Å²) in [5.41, 5.74) is 0. The molecule has 0 aliphatic carbocycles. The Kier molecular flexibility index (Phi) is 6.46. The molecule has 0 spiro atoms. The van der Waals surface area contributed by atoms with Crippen molar-refractivity contribution in [3.05, 3.63) is 0 Å². The van der Waals surface area contributed by atoms with Crippen molar-refractivity contribution < 1.29 is 24.2 Å². The Labute approximate surface area is 101 Å². The highest BCUT2D eigenvalue weighted by molar-refractivity contribution is 6.33. The molecular formula is C12H20O5. The summed E-state index contributed by atoms with van der Waals surface area (Å²) in [6, 6.07) is 0. The molecule has 0 saturated heterocycles. The van der Waals surface area contributed by atoms with Crippen LogP contribution in [0.4, 0.5) is 0 Å². The summed E-state index contributed by atoms with van der Waals surface area (Å²) in [5.74, 6) is -2.82. The first-order valence-electron chi connectivity index (χ1n) is 5.70. The van der Waals surface area contributed by atoms with Gasteiger partial charge >= 0.3 is 11.9 Å². The van der Waals surface area contributed by atoms with Gasteiger partial charge in [0.2, 0.25) is 5.78 Å². The van der Waals surface area contributed by atoms with Crippen LogP contribution in [-0.4, -0.2) is 28.9 Å². The van der Waals surface area contributed by atoms with E-state index in [1.807, 2.05) is 13.8 Å². The molecule has 17 heavy (non-hydrogen) atoms. The topological polar surface area (TPSA) is 80.7 Å². The highest BCUT2D eigenvalue weighted by Crippen LogP contribution is 2.10. The summed E-state index contributed by atoms with van der Waals surface area (Å²) >= 11 is 0. The van der Waals surface area contributed by atoms with Crippen LogP contribution in [0.5, 0.6) is 0 Å². The third-order valence-corrected chi connectivity index (χ3v) is 2.03. The van der Waals surface area contributed by atoms with Crippen molar-refractivity contribution in [1.82, 2.24) is 0 Å². The van der Waals surface area contributed by atoms with E-state index in [1.165, 1.54) is 0 Å². The number of esters is 1. The number of rotatable bonds is 7. The number of aliphatic carboxylic acids is 1. The quantitative estimate of drug-likeness (QED) is 0.544. The molecule has 0 aromatic carbocycles. The maximum absolute atomic E-state index is 11.3. The second-order valence-corrected chi connectivity index (χ2v) is 4.88. The minimum atomic E-state index is -1.24. The van der Waals surface area contributed by atoms with E-state index in [1.54, 1.807) is 13.8 Å². The van der Waals surface area contributed by atoms with Crippen molar-refractivity contribution in [2.24, 2.45) is 11.8 Å².